The van der Waals surface area contributed by atoms with Crippen molar-refractivity contribution in [3.63, 3.8) is 0 Å². The fourth-order valence-corrected chi connectivity index (χ4v) is 3.44. The number of primary amides is 1. The summed E-state index contributed by atoms with van der Waals surface area (Å²) in [5.41, 5.74) is 9.44. The van der Waals surface area contributed by atoms with Crippen molar-refractivity contribution in [2.75, 3.05) is 11.9 Å². The summed E-state index contributed by atoms with van der Waals surface area (Å²) >= 11 is 0. The molecule has 0 saturated heterocycles. The number of nitrogens with one attached hydrogen (secondary N) is 1. The van der Waals surface area contributed by atoms with E-state index in [0.717, 1.165) is 12.0 Å². The number of hydrogen-bond acceptors (Lipinski definition) is 7. The number of aromatic nitrogens is 5. The molecule has 0 bridgehead atoms. The van der Waals surface area contributed by atoms with Crippen molar-refractivity contribution >= 4 is 22.9 Å². The highest BCUT2D eigenvalue weighted by Crippen LogP contribution is 2.26. The summed E-state index contributed by atoms with van der Waals surface area (Å²) in [6, 6.07) is 8.93. The summed E-state index contributed by atoms with van der Waals surface area (Å²) in [6.45, 7) is 6.46. The quantitative estimate of drug-likeness (QED) is 0.409. The van der Waals surface area contributed by atoms with Crippen molar-refractivity contribution in [3.05, 3.63) is 59.7 Å². The molecule has 0 unspecified atom stereocenters. The van der Waals surface area contributed by atoms with Crippen molar-refractivity contribution in [3.8, 4) is 17.1 Å². The van der Waals surface area contributed by atoms with E-state index >= 15 is 0 Å². The zero-order valence-corrected chi connectivity index (χ0v) is 18.2. The van der Waals surface area contributed by atoms with Crippen LogP contribution in [0.1, 0.15) is 41.5 Å². The Balaban J connectivity index is 1.72. The number of carbonyl (C=O) groups is 1. The number of rotatable bonds is 7. The topological polar surface area (TPSA) is 132 Å². The first kappa shape index (κ1) is 21.2. The van der Waals surface area contributed by atoms with Gasteiger partial charge in [0, 0.05) is 24.3 Å². The number of hydrogen-bond donors (Lipinski definition) is 3. The SMILES string of the molecule is Cc1ncc(-c2nc(NCCc3ccc(O)cc3)c3ncn(C(C)C)c3n2)cc1C(N)=O. The van der Waals surface area contributed by atoms with E-state index in [9.17, 15) is 9.90 Å². The molecule has 1 aromatic carbocycles. The van der Waals surface area contributed by atoms with Gasteiger partial charge in [-0.15, -0.1) is 0 Å². The number of pyridine rings is 1. The van der Waals surface area contributed by atoms with Gasteiger partial charge < -0.3 is 20.7 Å². The van der Waals surface area contributed by atoms with Gasteiger partial charge >= 0.3 is 0 Å². The van der Waals surface area contributed by atoms with Crippen LogP contribution in [0.15, 0.2) is 42.9 Å². The summed E-state index contributed by atoms with van der Waals surface area (Å²) in [6.07, 6.45) is 4.13. The van der Waals surface area contributed by atoms with E-state index in [0.29, 0.717) is 46.2 Å². The second-order valence-electron chi connectivity index (χ2n) is 7.88. The smallest absolute Gasteiger partial charge is 0.250 e. The lowest BCUT2D eigenvalue weighted by Crippen LogP contribution is -2.14. The number of benzene rings is 1. The van der Waals surface area contributed by atoms with Crippen molar-refractivity contribution < 1.29 is 9.90 Å². The molecule has 9 nitrogen and oxygen atoms in total. The van der Waals surface area contributed by atoms with Gasteiger partial charge in [0.2, 0.25) is 0 Å². The Morgan fingerprint density at radius 2 is 1.94 bits per heavy atom. The molecule has 9 heteroatoms. The number of amides is 1. The number of carbonyl (C=O) groups excluding carboxylic acids is 1. The summed E-state index contributed by atoms with van der Waals surface area (Å²) in [4.78, 5) is 30.0. The summed E-state index contributed by atoms with van der Waals surface area (Å²) in [5.74, 6) is 0.730. The third-order valence-corrected chi connectivity index (χ3v) is 5.23. The van der Waals surface area contributed by atoms with Crippen LogP contribution in [0, 0.1) is 6.92 Å². The third kappa shape index (κ3) is 4.22. The highest BCUT2D eigenvalue weighted by Gasteiger charge is 2.17. The largest absolute Gasteiger partial charge is 0.508 e. The number of imidazole rings is 1. The van der Waals surface area contributed by atoms with E-state index in [4.69, 9.17) is 10.7 Å². The maximum atomic E-state index is 11.8. The number of aromatic hydroxyl groups is 1. The van der Waals surface area contributed by atoms with Crippen molar-refractivity contribution in [1.82, 2.24) is 24.5 Å². The standard InChI is InChI=1S/C23H25N7O2/c1-13(2)30-12-27-19-22(25-9-8-15-4-6-17(31)7-5-15)28-21(29-23(19)30)16-10-18(20(24)32)14(3)26-11-16/h4-7,10-13,31H,8-9H2,1-3H3,(H2,24,32)(H,25,28,29). The molecule has 32 heavy (non-hydrogen) atoms. The first-order chi connectivity index (χ1) is 15.3. The maximum absolute atomic E-state index is 11.8. The predicted molar refractivity (Wildman–Crippen MR) is 122 cm³/mol. The number of anilines is 1. The van der Waals surface area contributed by atoms with E-state index in [1.165, 1.54) is 0 Å². The highest BCUT2D eigenvalue weighted by atomic mass is 16.3. The second-order valence-corrected chi connectivity index (χ2v) is 7.88. The lowest BCUT2D eigenvalue weighted by Gasteiger charge is -2.12. The fraction of sp³-hybridized carbons (Fsp3) is 0.261. The molecule has 0 saturated carbocycles. The molecule has 0 fully saturated rings. The van der Waals surface area contributed by atoms with Gasteiger partial charge in [-0.1, -0.05) is 12.1 Å². The Morgan fingerprint density at radius 3 is 2.62 bits per heavy atom. The summed E-state index contributed by atoms with van der Waals surface area (Å²) < 4.78 is 1.97. The zero-order valence-electron chi connectivity index (χ0n) is 18.2. The van der Waals surface area contributed by atoms with Gasteiger partial charge in [-0.3, -0.25) is 9.78 Å². The van der Waals surface area contributed by atoms with Gasteiger partial charge in [0.05, 0.1) is 17.6 Å². The van der Waals surface area contributed by atoms with Crippen LogP contribution in [0.3, 0.4) is 0 Å². The molecule has 4 N–H and O–H groups in total. The Bertz CT molecular complexity index is 1280. The number of nitrogens with two attached hydrogens (primary N) is 1. The molecule has 0 aliphatic heterocycles. The van der Waals surface area contributed by atoms with Crippen LogP contribution in [-0.4, -0.2) is 42.1 Å². The first-order valence-electron chi connectivity index (χ1n) is 10.4. The van der Waals surface area contributed by atoms with Gasteiger partial charge in [0.15, 0.2) is 17.3 Å². The predicted octanol–water partition coefficient (Wildman–Crippen LogP) is 3.24. The number of phenols is 1. The number of nitrogens with zero attached hydrogens (tertiary/aromatic N) is 5. The van der Waals surface area contributed by atoms with Crippen LogP contribution in [0.2, 0.25) is 0 Å². The molecule has 0 radical (unpaired) electrons. The van der Waals surface area contributed by atoms with E-state index in [1.807, 2.05) is 16.7 Å². The molecular formula is C23H25N7O2. The molecule has 164 valence electrons. The number of aryl methyl sites for hydroxylation is 1. The van der Waals surface area contributed by atoms with E-state index < -0.39 is 5.91 Å². The second kappa shape index (κ2) is 8.62. The van der Waals surface area contributed by atoms with Crippen LogP contribution < -0.4 is 11.1 Å². The highest BCUT2D eigenvalue weighted by molar-refractivity contribution is 5.95. The zero-order chi connectivity index (χ0) is 22.8. The van der Waals surface area contributed by atoms with Crippen LogP contribution in [-0.2, 0) is 6.42 Å². The average Bonchev–Trinajstić information content (AvgIpc) is 3.20. The van der Waals surface area contributed by atoms with E-state index in [2.05, 4.69) is 34.1 Å². The monoisotopic (exact) mass is 431 g/mol. The Morgan fingerprint density at radius 1 is 1.19 bits per heavy atom. The maximum Gasteiger partial charge on any atom is 0.250 e. The van der Waals surface area contributed by atoms with Crippen molar-refractivity contribution in [2.45, 2.75) is 33.2 Å². The molecular weight excluding hydrogens is 406 g/mol. The van der Waals surface area contributed by atoms with Gasteiger partial charge in [0.25, 0.3) is 5.91 Å². The molecule has 1 amide bonds. The van der Waals surface area contributed by atoms with Crippen LogP contribution in [0.25, 0.3) is 22.6 Å². The van der Waals surface area contributed by atoms with E-state index in [1.54, 1.807) is 37.6 Å². The lowest BCUT2D eigenvalue weighted by atomic mass is 10.1. The van der Waals surface area contributed by atoms with Crippen molar-refractivity contribution in [1.29, 1.82) is 0 Å². The van der Waals surface area contributed by atoms with Crippen LogP contribution in [0.5, 0.6) is 5.75 Å². The summed E-state index contributed by atoms with van der Waals surface area (Å²) in [5, 5.41) is 12.8. The molecule has 4 rings (SSSR count). The van der Waals surface area contributed by atoms with Gasteiger partial charge in [-0.25, -0.2) is 15.0 Å². The summed E-state index contributed by atoms with van der Waals surface area (Å²) in [7, 11) is 0. The lowest BCUT2D eigenvalue weighted by molar-refractivity contribution is 0.0999. The number of fused-ring (bicyclic) bond motifs is 1. The van der Waals surface area contributed by atoms with Gasteiger partial charge in [0.1, 0.15) is 11.3 Å². The first-order valence-corrected chi connectivity index (χ1v) is 10.4. The normalized spacial score (nSPS) is 11.2. The molecule has 0 aliphatic carbocycles. The van der Waals surface area contributed by atoms with Crippen LogP contribution >= 0.6 is 0 Å². The fourth-order valence-electron chi connectivity index (χ4n) is 3.44. The Kier molecular flexibility index (Phi) is 5.72. The average molecular weight is 432 g/mol. The Hall–Kier alpha value is -4.01. The molecule has 3 aromatic heterocycles. The van der Waals surface area contributed by atoms with Crippen molar-refractivity contribution in [2.24, 2.45) is 5.73 Å². The molecule has 0 aliphatic rings. The van der Waals surface area contributed by atoms with Gasteiger partial charge in [-0.05, 0) is 51.0 Å². The van der Waals surface area contributed by atoms with Crippen LogP contribution in [0.4, 0.5) is 5.82 Å². The number of phenolic OH excluding ortho intramolecular Hbond substituents is 1. The molecule has 3 heterocycles. The minimum Gasteiger partial charge on any atom is -0.508 e. The molecule has 0 spiro atoms. The Labute approximate surface area is 185 Å². The molecule has 4 aromatic rings. The third-order valence-electron chi connectivity index (χ3n) is 5.23. The van der Waals surface area contributed by atoms with E-state index in [-0.39, 0.29) is 11.8 Å². The molecule has 0 atom stereocenters. The van der Waals surface area contributed by atoms with Gasteiger partial charge in [-0.2, -0.15) is 0 Å². The minimum atomic E-state index is -0.544. The minimum absolute atomic E-state index is 0.157.